The van der Waals surface area contributed by atoms with Crippen LogP contribution in [-0.4, -0.2) is 47.2 Å². The van der Waals surface area contributed by atoms with Gasteiger partial charge in [0, 0.05) is 23.8 Å². The maximum absolute atomic E-state index is 13.5. The number of likely N-dealkylation sites (tertiary alicyclic amines) is 1. The van der Waals surface area contributed by atoms with Crippen molar-refractivity contribution in [3.63, 3.8) is 0 Å². The highest BCUT2D eigenvalue weighted by atomic mass is 32.1. The molecule has 6 rings (SSSR count). The second kappa shape index (κ2) is 9.24. The summed E-state index contributed by atoms with van der Waals surface area (Å²) in [7, 11) is 0. The highest BCUT2D eigenvalue weighted by Crippen LogP contribution is 2.36. The van der Waals surface area contributed by atoms with E-state index in [-0.39, 0.29) is 11.8 Å². The van der Waals surface area contributed by atoms with Crippen LogP contribution < -0.4 is 9.47 Å². The minimum absolute atomic E-state index is 0.157. The number of hydrogen-bond donors (Lipinski definition) is 1. The van der Waals surface area contributed by atoms with Crippen molar-refractivity contribution in [3.8, 4) is 22.8 Å². The zero-order valence-corrected chi connectivity index (χ0v) is 19.8. The molecule has 4 heterocycles. The summed E-state index contributed by atoms with van der Waals surface area (Å²) in [6.45, 7) is 3.29. The highest BCUT2D eigenvalue weighted by molar-refractivity contribution is 7.08. The number of hydrogen-bond acceptors (Lipinski definition) is 6. The van der Waals surface area contributed by atoms with Gasteiger partial charge in [-0.15, -0.1) is 0 Å². The Labute approximate surface area is 202 Å². The fourth-order valence-corrected chi connectivity index (χ4v) is 5.71. The lowest BCUT2D eigenvalue weighted by atomic mass is 9.97. The van der Waals surface area contributed by atoms with Gasteiger partial charge in [-0.25, -0.2) is 0 Å². The molecule has 1 fully saturated rings. The average molecular weight is 474 g/mol. The summed E-state index contributed by atoms with van der Waals surface area (Å²) in [6.07, 6.45) is 3.59. The monoisotopic (exact) mass is 473 g/mol. The number of benzene rings is 2. The average Bonchev–Trinajstić information content (AvgIpc) is 3.60. The van der Waals surface area contributed by atoms with Crippen LogP contribution in [0.4, 0.5) is 0 Å². The molecule has 0 saturated carbocycles. The number of H-pyrrole nitrogens is 1. The van der Waals surface area contributed by atoms with Gasteiger partial charge in [0.2, 0.25) is 0 Å². The van der Waals surface area contributed by atoms with Crippen molar-refractivity contribution in [1.29, 1.82) is 0 Å². The fourth-order valence-electron chi connectivity index (χ4n) is 5.03. The van der Waals surface area contributed by atoms with Gasteiger partial charge in [0.15, 0.2) is 17.3 Å². The second-order valence-corrected chi connectivity index (χ2v) is 9.79. The third-order valence-electron chi connectivity index (χ3n) is 6.70. The Balaban J connectivity index is 1.30. The first kappa shape index (κ1) is 21.4. The van der Waals surface area contributed by atoms with E-state index in [1.807, 2.05) is 30.3 Å². The molecule has 2 aliphatic rings. The molecule has 174 valence electrons. The first-order valence-corrected chi connectivity index (χ1v) is 12.9. The Morgan fingerprint density at radius 3 is 2.71 bits per heavy atom. The van der Waals surface area contributed by atoms with Crippen molar-refractivity contribution in [3.05, 3.63) is 64.4 Å². The van der Waals surface area contributed by atoms with E-state index in [1.165, 1.54) is 0 Å². The number of Topliss-reactive ketones (excluding diaryl/α,β-unsaturated/α-hetero) is 1. The molecular weight excluding hydrogens is 446 g/mol. The molecule has 4 aromatic rings. The quantitative estimate of drug-likeness (QED) is 0.406. The molecule has 7 heteroatoms. The molecule has 1 saturated heterocycles. The fraction of sp³-hybridized carbons (Fsp3) is 0.333. The summed E-state index contributed by atoms with van der Waals surface area (Å²) < 4.78 is 11.6. The van der Waals surface area contributed by atoms with E-state index in [2.05, 4.69) is 38.0 Å². The summed E-state index contributed by atoms with van der Waals surface area (Å²) in [5.41, 5.74) is 4.90. The predicted molar refractivity (Wildman–Crippen MR) is 134 cm³/mol. The Bertz CT molecular complexity index is 1310. The molecule has 2 aromatic heterocycles. The van der Waals surface area contributed by atoms with E-state index < -0.39 is 0 Å². The predicted octanol–water partition coefficient (Wildman–Crippen LogP) is 5.40. The number of aromatic amines is 1. The molecule has 0 aliphatic carbocycles. The van der Waals surface area contributed by atoms with Crippen LogP contribution in [-0.2, 0) is 11.2 Å². The Kier molecular flexibility index (Phi) is 5.81. The zero-order chi connectivity index (χ0) is 22.9. The molecule has 2 aliphatic heterocycles. The number of nitrogens with zero attached hydrogens (tertiary/aromatic N) is 2. The summed E-state index contributed by atoms with van der Waals surface area (Å²) in [5, 5.41) is 12.9. The van der Waals surface area contributed by atoms with Gasteiger partial charge in [-0.2, -0.15) is 16.4 Å². The molecule has 6 nitrogen and oxygen atoms in total. The van der Waals surface area contributed by atoms with Crippen LogP contribution in [0.2, 0.25) is 0 Å². The van der Waals surface area contributed by atoms with Crippen molar-refractivity contribution in [1.82, 2.24) is 15.1 Å². The number of thiophene rings is 1. The van der Waals surface area contributed by atoms with E-state index in [1.54, 1.807) is 11.3 Å². The van der Waals surface area contributed by atoms with Crippen LogP contribution in [0.1, 0.15) is 36.4 Å². The number of aromatic nitrogens is 2. The summed E-state index contributed by atoms with van der Waals surface area (Å²) in [4.78, 5) is 15.9. The Hall–Kier alpha value is -3.16. The Morgan fingerprint density at radius 1 is 1.03 bits per heavy atom. The van der Waals surface area contributed by atoms with Gasteiger partial charge in [-0.05, 0) is 84.2 Å². The third-order valence-corrected chi connectivity index (χ3v) is 7.40. The zero-order valence-electron chi connectivity index (χ0n) is 19.0. The normalized spacial score (nSPS) is 17.1. The summed E-state index contributed by atoms with van der Waals surface area (Å²) in [5.74, 6) is 1.77. The first-order valence-electron chi connectivity index (χ1n) is 11.9. The van der Waals surface area contributed by atoms with Crippen LogP contribution in [0.15, 0.2) is 53.2 Å². The van der Waals surface area contributed by atoms with E-state index in [9.17, 15) is 4.79 Å². The molecule has 34 heavy (non-hydrogen) atoms. The molecule has 1 atom stereocenters. The van der Waals surface area contributed by atoms with Gasteiger partial charge in [-0.3, -0.25) is 14.8 Å². The smallest absolute Gasteiger partial charge is 0.161 e. The lowest BCUT2D eigenvalue weighted by Gasteiger charge is -2.26. The van der Waals surface area contributed by atoms with E-state index in [0.717, 1.165) is 77.1 Å². The number of carbonyl (C=O) groups is 1. The Morgan fingerprint density at radius 2 is 1.88 bits per heavy atom. The van der Waals surface area contributed by atoms with Crippen molar-refractivity contribution < 1.29 is 14.3 Å². The maximum Gasteiger partial charge on any atom is 0.161 e. The molecule has 1 unspecified atom stereocenters. The topological polar surface area (TPSA) is 67.5 Å². The van der Waals surface area contributed by atoms with Gasteiger partial charge >= 0.3 is 0 Å². The number of nitrogens with one attached hydrogen (secondary N) is 1. The van der Waals surface area contributed by atoms with Crippen LogP contribution in [0.3, 0.4) is 0 Å². The van der Waals surface area contributed by atoms with E-state index in [4.69, 9.17) is 9.47 Å². The van der Waals surface area contributed by atoms with Crippen LogP contribution in [0, 0.1) is 0 Å². The number of carbonyl (C=O) groups excluding carboxylic acids is 1. The van der Waals surface area contributed by atoms with Gasteiger partial charge in [0.1, 0.15) is 5.69 Å². The SMILES string of the molecule is O=C(Cc1ccc2[nH]nc(-c3ccc4c(c3)OCCCO4)c2c1)C(c1ccsc1)N1CCCC1. The van der Waals surface area contributed by atoms with Gasteiger partial charge < -0.3 is 9.47 Å². The van der Waals surface area contributed by atoms with Gasteiger partial charge in [-0.1, -0.05) is 6.07 Å². The van der Waals surface area contributed by atoms with E-state index >= 15 is 0 Å². The highest BCUT2D eigenvalue weighted by Gasteiger charge is 2.30. The molecule has 0 radical (unpaired) electrons. The van der Waals surface area contributed by atoms with Crippen LogP contribution in [0.5, 0.6) is 11.5 Å². The second-order valence-electron chi connectivity index (χ2n) is 9.01. The first-order chi connectivity index (χ1) is 16.8. The minimum atomic E-state index is -0.157. The third kappa shape index (κ3) is 4.10. The van der Waals surface area contributed by atoms with Gasteiger partial charge in [0.25, 0.3) is 0 Å². The maximum atomic E-state index is 13.5. The molecule has 0 spiro atoms. The number of fused-ring (bicyclic) bond motifs is 2. The molecule has 0 amide bonds. The molecule has 1 N–H and O–H groups in total. The molecule has 2 aromatic carbocycles. The van der Waals surface area contributed by atoms with E-state index in [0.29, 0.717) is 19.6 Å². The van der Waals surface area contributed by atoms with Crippen molar-refractivity contribution in [2.75, 3.05) is 26.3 Å². The standard InChI is InChI=1S/C27H27N3O3S/c31-23(27(20-8-13-34-17-20)30-9-1-2-10-30)15-18-4-6-22-21(14-18)26(29-28-22)19-5-7-24-25(16-19)33-12-3-11-32-24/h4-8,13-14,16-17,27H,1-3,9-12,15H2,(H,28,29). The van der Waals surface area contributed by atoms with Crippen molar-refractivity contribution in [2.45, 2.75) is 31.7 Å². The largest absolute Gasteiger partial charge is 0.490 e. The lowest BCUT2D eigenvalue weighted by Crippen LogP contribution is -2.32. The number of ketones is 1. The lowest BCUT2D eigenvalue weighted by molar-refractivity contribution is -0.123. The number of rotatable bonds is 6. The van der Waals surface area contributed by atoms with Crippen molar-refractivity contribution in [2.24, 2.45) is 0 Å². The number of ether oxygens (including phenoxy) is 2. The molecular formula is C27H27N3O3S. The minimum Gasteiger partial charge on any atom is -0.490 e. The van der Waals surface area contributed by atoms with Crippen molar-refractivity contribution >= 4 is 28.0 Å². The summed E-state index contributed by atoms with van der Waals surface area (Å²) >= 11 is 1.65. The molecule has 0 bridgehead atoms. The summed E-state index contributed by atoms with van der Waals surface area (Å²) in [6, 6.07) is 14.0. The van der Waals surface area contributed by atoms with Gasteiger partial charge in [0.05, 0.1) is 24.8 Å². The van der Waals surface area contributed by atoms with Crippen LogP contribution in [0.25, 0.3) is 22.2 Å². The van der Waals surface area contributed by atoms with Crippen LogP contribution >= 0.6 is 11.3 Å².